The van der Waals surface area contributed by atoms with Crippen LogP contribution in [0.5, 0.6) is 11.6 Å². The van der Waals surface area contributed by atoms with Crippen molar-refractivity contribution >= 4 is 11.8 Å². The van der Waals surface area contributed by atoms with Gasteiger partial charge in [-0.3, -0.25) is 0 Å². The van der Waals surface area contributed by atoms with Gasteiger partial charge in [0.15, 0.2) is 0 Å². The van der Waals surface area contributed by atoms with Gasteiger partial charge in [0.1, 0.15) is 17.3 Å². The molecule has 1 atom stereocenters. The number of aromatic nitrogens is 2. The molecule has 1 aliphatic heterocycles. The molecule has 5 rings (SSSR count). The number of carbonyl (C=O) groups is 1. The number of benzene rings is 1. The highest BCUT2D eigenvalue weighted by molar-refractivity contribution is 5.68. The second kappa shape index (κ2) is 12.6. The number of allylic oxidation sites excluding steroid dienone is 6. The topological polar surface area (TPSA) is 121 Å². The van der Waals surface area contributed by atoms with Crippen LogP contribution in [0, 0.1) is 5.92 Å². The summed E-state index contributed by atoms with van der Waals surface area (Å²) >= 11 is 0. The molecule has 1 saturated heterocycles. The van der Waals surface area contributed by atoms with E-state index in [9.17, 15) is 14.7 Å². The molecule has 0 radical (unpaired) electrons. The van der Waals surface area contributed by atoms with E-state index in [1.54, 1.807) is 7.11 Å². The van der Waals surface area contributed by atoms with Gasteiger partial charge in [0.05, 0.1) is 12.8 Å². The second-order valence-corrected chi connectivity index (χ2v) is 9.85. The first-order valence-electron chi connectivity index (χ1n) is 13.5. The average molecular weight is 550 g/mol. The van der Waals surface area contributed by atoms with Crippen LogP contribution in [0.1, 0.15) is 25.0 Å². The van der Waals surface area contributed by atoms with Crippen LogP contribution in [0.2, 0.25) is 0 Å². The molecule has 2 aliphatic carbocycles. The van der Waals surface area contributed by atoms with E-state index in [0.717, 1.165) is 42.2 Å². The van der Waals surface area contributed by atoms with Crippen LogP contribution in [-0.4, -0.2) is 65.6 Å². The fourth-order valence-electron chi connectivity index (χ4n) is 4.81. The van der Waals surface area contributed by atoms with Crippen LogP contribution >= 0.6 is 0 Å². The molecular weight excluding hydrogens is 514 g/mol. The Morgan fingerprint density at radius 2 is 1.98 bits per heavy atom. The number of hydrogen-bond acceptors (Lipinski definition) is 8. The minimum Gasteiger partial charge on any atom is -0.497 e. The Balaban J connectivity index is 1.07. The van der Waals surface area contributed by atoms with Crippen molar-refractivity contribution in [3.05, 3.63) is 88.4 Å². The number of amides is 1. The number of imidazole rings is 1. The zero-order chi connectivity index (χ0) is 27.9. The molecule has 1 aromatic carbocycles. The van der Waals surface area contributed by atoms with E-state index in [4.69, 9.17) is 14.3 Å². The summed E-state index contributed by atoms with van der Waals surface area (Å²) in [6.07, 6.45) is 14.3. The summed E-state index contributed by atoms with van der Waals surface area (Å²) < 4.78 is 11.7. The Morgan fingerprint density at radius 1 is 1.18 bits per heavy atom. The number of methoxy groups -OCH3 is 1. The van der Waals surface area contributed by atoms with Crippen LogP contribution in [0.15, 0.2) is 77.0 Å². The van der Waals surface area contributed by atoms with Crippen molar-refractivity contribution in [3.63, 3.8) is 0 Å². The van der Waals surface area contributed by atoms with Gasteiger partial charge in [-0.05, 0) is 61.3 Å². The predicted octanol–water partition coefficient (Wildman–Crippen LogP) is 3.06. The number of hydrogen-bond donors (Lipinski definition) is 3. The third kappa shape index (κ3) is 6.60. The maximum atomic E-state index is 12.7. The Bertz CT molecular complexity index is 1360. The fraction of sp³-hybridized carbons (Fsp3) is 0.379. The summed E-state index contributed by atoms with van der Waals surface area (Å²) in [5.41, 5.74) is 0.571. The summed E-state index contributed by atoms with van der Waals surface area (Å²) in [5, 5.41) is 13.8. The van der Waals surface area contributed by atoms with E-state index < -0.39 is 17.7 Å². The van der Waals surface area contributed by atoms with E-state index in [1.807, 2.05) is 42.5 Å². The summed E-state index contributed by atoms with van der Waals surface area (Å²) in [7, 11) is 1.62. The molecule has 1 fully saturated rings. The smallest absolute Gasteiger partial charge is 0.434 e. The second-order valence-electron chi connectivity index (χ2n) is 9.85. The van der Waals surface area contributed by atoms with Crippen LogP contribution in [0.25, 0.3) is 0 Å². The van der Waals surface area contributed by atoms with E-state index in [-0.39, 0.29) is 18.2 Å². The average Bonchev–Trinajstić information content (AvgIpc) is 3.26. The number of ether oxygens (including phenoxy) is 2. The van der Waals surface area contributed by atoms with Gasteiger partial charge in [0, 0.05) is 51.4 Å². The van der Waals surface area contributed by atoms with Crippen LogP contribution < -0.4 is 25.5 Å². The third-order valence-corrected chi connectivity index (χ3v) is 7.14. The molecule has 40 heavy (non-hydrogen) atoms. The normalized spacial score (nSPS) is 18.8. The molecule has 1 unspecified atom stereocenters. The van der Waals surface area contributed by atoms with Gasteiger partial charge in [-0.15, -0.1) is 0 Å². The van der Waals surface area contributed by atoms with Gasteiger partial charge >= 0.3 is 11.8 Å². The van der Waals surface area contributed by atoms with Crippen molar-refractivity contribution in [2.75, 3.05) is 44.7 Å². The lowest BCUT2D eigenvalue weighted by Gasteiger charge is -2.35. The zero-order valence-corrected chi connectivity index (χ0v) is 22.5. The molecule has 3 aliphatic rings. The lowest BCUT2D eigenvalue weighted by atomic mass is 10.00. The summed E-state index contributed by atoms with van der Waals surface area (Å²) in [6.45, 7) is 2.91. The minimum atomic E-state index is -0.714. The maximum absolute atomic E-state index is 12.7. The zero-order valence-electron chi connectivity index (χ0n) is 22.5. The SMILES string of the molecule is COc1ccc(N2CCN(C(=O)On3c(O)c(CNCC4C=CC(OC5=CC=CCC5)=CC4)[nH]c3=O)CC2)cc1. The van der Waals surface area contributed by atoms with E-state index in [2.05, 4.69) is 33.4 Å². The molecule has 11 heteroatoms. The van der Waals surface area contributed by atoms with Crippen molar-refractivity contribution in [1.29, 1.82) is 0 Å². The first-order chi connectivity index (χ1) is 19.5. The number of aromatic hydroxyl groups is 1. The van der Waals surface area contributed by atoms with Gasteiger partial charge in [0.25, 0.3) is 5.88 Å². The van der Waals surface area contributed by atoms with Gasteiger partial charge < -0.3 is 39.5 Å². The number of carbonyl (C=O) groups excluding carboxylic acids is 1. The molecule has 0 saturated carbocycles. The lowest BCUT2D eigenvalue weighted by molar-refractivity contribution is 0.0779. The molecule has 0 spiro atoms. The first-order valence-corrected chi connectivity index (χ1v) is 13.5. The van der Waals surface area contributed by atoms with Gasteiger partial charge in [-0.2, -0.15) is 0 Å². The monoisotopic (exact) mass is 549 g/mol. The van der Waals surface area contributed by atoms with Gasteiger partial charge in [-0.1, -0.05) is 23.0 Å². The van der Waals surface area contributed by atoms with E-state index in [0.29, 0.717) is 37.5 Å². The Hall–Kier alpha value is -4.38. The number of nitrogens with zero attached hydrogens (tertiary/aromatic N) is 3. The van der Waals surface area contributed by atoms with Crippen LogP contribution in [0.4, 0.5) is 10.5 Å². The van der Waals surface area contributed by atoms with Crippen LogP contribution in [-0.2, 0) is 11.3 Å². The summed E-state index contributed by atoms with van der Waals surface area (Å²) in [6, 6.07) is 7.74. The Labute approximate surface area is 232 Å². The number of rotatable bonds is 9. The Kier molecular flexibility index (Phi) is 8.60. The van der Waals surface area contributed by atoms with Gasteiger partial charge in [0.2, 0.25) is 0 Å². The summed E-state index contributed by atoms with van der Waals surface area (Å²) in [5.74, 6) is 2.42. The lowest BCUT2D eigenvalue weighted by Crippen LogP contribution is -2.51. The number of anilines is 1. The van der Waals surface area contributed by atoms with E-state index >= 15 is 0 Å². The van der Waals surface area contributed by atoms with Crippen molar-refractivity contribution in [2.45, 2.75) is 25.8 Å². The van der Waals surface area contributed by atoms with Gasteiger partial charge in [-0.25, -0.2) is 9.59 Å². The highest BCUT2D eigenvalue weighted by Crippen LogP contribution is 2.23. The Morgan fingerprint density at radius 3 is 2.65 bits per heavy atom. The highest BCUT2D eigenvalue weighted by atomic mass is 16.7. The molecule has 1 amide bonds. The standard InChI is InChI=1S/C29H35N5O6/c1-38-23-13-9-22(10-14-23)32-15-17-33(18-16-32)29(37)40-34-27(35)26(31-28(34)36)20-30-19-21-7-11-25(12-8-21)39-24-5-3-2-4-6-24/h2-3,5,7,9-14,21,30,35H,4,6,8,15-20H2,1H3,(H,31,36). The van der Waals surface area contributed by atoms with Crippen molar-refractivity contribution in [2.24, 2.45) is 5.92 Å². The van der Waals surface area contributed by atoms with Crippen molar-refractivity contribution in [3.8, 4) is 11.6 Å². The number of nitrogens with one attached hydrogen (secondary N) is 2. The molecule has 2 aromatic rings. The molecular formula is C29H35N5O6. The minimum absolute atomic E-state index is 0.211. The molecule has 212 valence electrons. The quantitative estimate of drug-likeness (QED) is 0.437. The van der Waals surface area contributed by atoms with Crippen molar-refractivity contribution < 1.29 is 24.2 Å². The molecule has 11 nitrogen and oxygen atoms in total. The first kappa shape index (κ1) is 27.2. The largest absolute Gasteiger partial charge is 0.497 e. The summed E-state index contributed by atoms with van der Waals surface area (Å²) in [4.78, 5) is 36.6. The molecule has 0 bridgehead atoms. The highest BCUT2D eigenvalue weighted by Gasteiger charge is 2.25. The van der Waals surface area contributed by atoms with Crippen LogP contribution in [0.3, 0.4) is 0 Å². The fourth-order valence-corrected chi connectivity index (χ4v) is 4.81. The third-order valence-electron chi connectivity index (χ3n) is 7.14. The molecule has 2 heterocycles. The molecule has 3 N–H and O–H groups in total. The number of piperazine rings is 1. The number of aromatic amines is 1. The predicted molar refractivity (Wildman–Crippen MR) is 150 cm³/mol. The number of H-pyrrole nitrogens is 1. The molecule has 1 aromatic heterocycles. The van der Waals surface area contributed by atoms with Crippen molar-refractivity contribution in [1.82, 2.24) is 19.9 Å². The maximum Gasteiger partial charge on any atom is 0.434 e. The van der Waals surface area contributed by atoms with E-state index in [1.165, 1.54) is 4.90 Å².